The lowest BCUT2D eigenvalue weighted by Crippen LogP contribution is -2.42. The van der Waals surface area contributed by atoms with Crippen LogP contribution in [0.4, 0.5) is 0 Å². The summed E-state index contributed by atoms with van der Waals surface area (Å²) in [5.41, 5.74) is 0.675. The highest BCUT2D eigenvalue weighted by atomic mass is 16.5. The number of esters is 1. The Morgan fingerprint density at radius 1 is 1.17 bits per heavy atom. The van der Waals surface area contributed by atoms with Crippen molar-refractivity contribution in [2.45, 2.75) is 26.3 Å². The number of hydrogen-bond acceptors (Lipinski definition) is 5. The first-order chi connectivity index (χ1) is 11.3. The maximum absolute atomic E-state index is 12.0. The molecule has 1 aromatic heterocycles. The maximum atomic E-state index is 12.0. The second-order valence-electron chi connectivity index (χ2n) is 5.22. The molecule has 1 heterocycles. The zero-order valence-electron chi connectivity index (χ0n) is 13.2. The number of carboxylic acids is 1. The number of furan rings is 1. The number of rotatable bonds is 6. The topological polar surface area (TPSA) is 106 Å². The van der Waals surface area contributed by atoms with E-state index in [1.807, 2.05) is 0 Å². The molecule has 0 fully saturated rings. The lowest BCUT2D eigenvalue weighted by molar-refractivity contribution is -0.139. The molecule has 24 heavy (non-hydrogen) atoms. The van der Waals surface area contributed by atoms with Gasteiger partial charge in [-0.25, -0.2) is 4.79 Å². The van der Waals surface area contributed by atoms with Crippen molar-refractivity contribution in [2.75, 3.05) is 0 Å². The van der Waals surface area contributed by atoms with E-state index in [9.17, 15) is 19.5 Å². The Hall–Kier alpha value is -3.09. The quantitative estimate of drug-likeness (QED) is 0.619. The number of nitrogens with one attached hydrogen (secondary N) is 1. The third kappa shape index (κ3) is 4.70. The molecule has 2 N–H and O–H groups in total. The van der Waals surface area contributed by atoms with Gasteiger partial charge in [-0.2, -0.15) is 0 Å². The normalized spacial score (nSPS) is 11.6. The van der Waals surface area contributed by atoms with Crippen molar-refractivity contribution in [3.8, 4) is 5.75 Å². The molecule has 1 unspecified atom stereocenters. The number of aliphatic carboxylic acids is 1. The zero-order valence-corrected chi connectivity index (χ0v) is 13.2. The third-order valence-electron chi connectivity index (χ3n) is 3.19. The van der Waals surface area contributed by atoms with E-state index in [-0.39, 0.29) is 12.2 Å². The molecule has 0 spiro atoms. The van der Waals surface area contributed by atoms with Gasteiger partial charge in [-0.1, -0.05) is 12.1 Å². The van der Waals surface area contributed by atoms with Crippen LogP contribution in [0.3, 0.4) is 0 Å². The minimum absolute atomic E-state index is 0.0592. The summed E-state index contributed by atoms with van der Waals surface area (Å²) in [7, 11) is 0. The molecular formula is C17H17NO6. The Kier molecular flexibility index (Phi) is 5.36. The first kappa shape index (κ1) is 17.3. The second kappa shape index (κ2) is 7.45. The molecule has 0 bridgehead atoms. The van der Waals surface area contributed by atoms with Gasteiger partial charge in [-0.3, -0.25) is 9.59 Å². The molecule has 126 valence electrons. The minimum atomic E-state index is -1.16. The summed E-state index contributed by atoms with van der Waals surface area (Å²) in [6.45, 7) is 2.98. The summed E-state index contributed by atoms with van der Waals surface area (Å²) in [4.78, 5) is 34.3. The van der Waals surface area contributed by atoms with Crippen molar-refractivity contribution < 1.29 is 28.6 Å². The highest BCUT2D eigenvalue weighted by Crippen LogP contribution is 2.14. The van der Waals surface area contributed by atoms with Crippen molar-refractivity contribution in [3.63, 3.8) is 0 Å². The van der Waals surface area contributed by atoms with Crippen LogP contribution >= 0.6 is 0 Å². The van der Waals surface area contributed by atoms with Gasteiger partial charge in [0, 0.05) is 13.3 Å². The molecule has 0 aliphatic heterocycles. The molecule has 2 aromatic rings. The van der Waals surface area contributed by atoms with E-state index in [4.69, 9.17) is 9.15 Å². The lowest BCUT2D eigenvalue weighted by Gasteiger charge is -2.14. The Morgan fingerprint density at radius 3 is 2.33 bits per heavy atom. The first-order valence-electron chi connectivity index (χ1n) is 7.22. The van der Waals surface area contributed by atoms with Gasteiger partial charge in [0.1, 0.15) is 17.6 Å². The van der Waals surface area contributed by atoms with Crippen LogP contribution in [0.15, 0.2) is 40.8 Å². The van der Waals surface area contributed by atoms with Crippen LogP contribution in [0.2, 0.25) is 0 Å². The molecule has 1 atom stereocenters. The van der Waals surface area contributed by atoms with Gasteiger partial charge in [0.25, 0.3) is 5.91 Å². The Bertz CT molecular complexity index is 747. The predicted molar refractivity (Wildman–Crippen MR) is 83.8 cm³/mol. The van der Waals surface area contributed by atoms with Gasteiger partial charge in [-0.05, 0) is 36.8 Å². The van der Waals surface area contributed by atoms with E-state index in [0.29, 0.717) is 17.1 Å². The fraction of sp³-hybridized carbons (Fsp3) is 0.235. The average molecular weight is 331 g/mol. The summed E-state index contributed by atoms with van der Waals surface area (Å²) in [6.07, 6.45) is 0.0844. The SMILES string of the molecule is CC(=O)Oc1ccc(CC(NC(=O)c2ccc(C)o2)C(=O)O)cc1. The smallest absolute Gasteiger partial charge is 0.326 e. The summed E-state index contributed by atoms with van der Waals surface area (Å²) in [5.74, 6) is -1.19. The van der Waals surface area contributed by atoms with Crippen LogP contribution in [0, 0.1) is 6.92 Å². The molecule has 1 amide bonds. The van der Waals surface area contributed by atoms with Crippen LogP contribution in [0.5, 0.6) is 5.75 Å². The summed E-state index contributed by atoms with van der Waals surface area (Å²) in [6, 6.07) is 8.40. The number of hydrogen-bond donors (Lipinski definition) is 2. The van der Waals surface area contributed by atoms with Crippen molar-refractivity contribution in [2.24, 2.45) is 0 Å². The van der Waals surface area contributed by atoms with Gasteiger partial charge in [0.05, 0.1) is 0 Å². The molecule has 2 rings (SSSR count). The molecule has 0 aliphatic rings. The van der Waals surface area contributed by atoms with Gasteiger partial charge in [0.15, 0.2) is 5.76 Å². The number of ether oxygens (including phenoxy) is 1. The summed E-state index contributed by atoms with van der Waals surface area (Å²) < 4.78 is 10.1. The molecule has 0 radical (unpaired) electrons. The number of benzene rings is 1. The number of carboxylic acid groups (broad SMARTS) is 1. The monoisotopic (exact) mass is 331 g/mol. The maximum Gasteiger partial charge on any atom is 0.326 e. The zero-order chi connectivity index (χ0) is 17.7. The van der Waals surface area contributed by atoms with Gasteiger partial charge in [0.2, 0.25) is 0 Å². The van der Waals surface area contributed by atoms with Crippen LogP contribution in [0.25, 0.3) is 0 Å². The molecular weight excluding hydrogens is 314 g/mol. The molecule has 0 aliphatic carbocycles. The van der Waals surface area contributed by atoms with Crippen molar-refractivity contribution in [3.05, 3.63) is 53.5 Å². The molecule has 7 nitrogen and oxygen atoms in total. The number of amides is 1. The van der Waals surface area contributed by atoms with E-state index >= 15 is 0 Å². The fourth-order valence-electron chi connectivity index (χ4n) is 2.08. The Morgan fingerprint density at radius 2 is 1.83 bits per heavy atom. The molecule has 1 aromatic carbocycles. The van der Waals surface area contributed by atoms with Crippen LogP contribution in [-0.2, 0) is 16.0 Å². The van der Waals surface area contributed by atoms with Gasteiger partial charge >= 0.3 is 11.9 Å². The molecule has 0 saturated carbocycles. The van der Waals surface area contributed by atoms with Crippen molar-refractivity contribution in [1.29, 1.82) is 0 Å². The Balaban J connectivity index is 2.04. The third-order valence-corrected chi connectivity index (χ3v) is 3.19. The lowest BCUT2D eigenvalue weighted by atomic mass is 10.1. The first-order valence-corrected chi connectivity index (χ1v) is 7.22. The van der Waals surface area contributed by atoms with Crippen molar-refractivity contribution in [1.82, 2.24) is 5.32 Å². The number of carbonyl (C=O) groups is 3. The second-order valence-corrected chi connectivity index (χ2v) is 5.22. The van der Waals surface area contributed by atoms with E-state index in [1.54, 1.807) is 37.3 Å². The van der Waals surface area contributed by atoms with Crippen LogP contribution in [-0.4, -0.2) is 29.0 Å². The van der Waals surface area contributed by atoms with E-state index in [1.165, 1.54) is 13.0 Å². The highest BCUT2D eigenvalue weighted by molar-refractivity contribution is 5.94. The van der Waals surface area contributed by atoms with Crippen LogP contribution < -0.4 is 10.1 Å². The molecule has 7 heteroatoms. The largest absolute Gasteiger partial charge is 0.480 e. The number of aryl methyl sites for hydroxylation is 1. The van der Waals surface area contributed by atoms with Crippen molar-refractivity contribution >= 4 is 17.8 Å². The summed E-state index contributed by atoms with van der Waals surface area (Å²) >= 11 is 0. The Labute approximate surface area is 138 Å². The minimum Gasteiger partial charge on any atom is -0.480 e. The van der Waals surface area contributed by atoms with E-state index in [2.05, 4.69) is 5.32 Å². The predicted octanol–water partition coefficient (Wildman–Crippen LogP) is 1.94. The molecule has 0 saturated heterocycles. The standard InChI is InChI=1S/C17H17NO6/c1-10-3-8-15(23-10)16(20)18-14(17(21)22)9-12-4-6-13(7-5-12)24-11(2)19/h3-8,14H,9H2,1-2H3,(H,18,20)(H,21,22). The average Bonchev–Trinajstić information content (AvgIpc) is 2.94. The van der Waals surface area contributed by atoms with E-state index < -0.39 is 23.9 Å². The highest BCUT2D eigenvalue weighted by Gasteiger charge is 2.22. The fourth-order valence-corrected chi connectivity index (χ4v) is 2.08. The summed E-state index contributed by atoms with van der Waals surface area (Å²) in [5, 5.41) is 11.7. The van der Waals surface area contributed by atoms with E-state index in [0.717, 1.165) is 0 Å². The van der Waals surface area contributed by atoms with Gasteiger partial charge in [-0.15, -0.1) is 0 Å². The van der Waals surface area contributed by atoms with Crippen LogP contribution in [0.1, 0.15) is 28.8 Å². The van der Waals surface area contributed by atoms with Gasteiger partial charge < -0.3 is 19.6 Å². The number of carbonyl (C=O) groups excluding carboxylic acids is 2.